The number of nitrogens with zero attached hydrogens (tertiary/aromatic N) is 4. The predicted molar refractivity (Wildman–Crippen MR) is 92.1 cm³/mol. The lowest BCUT2D eigenvalue weighted by molar-refractivity contribution is 0.194. The van der Waals surface area contributed by atoms with E-state index in [-0.39, 0.29) is 5.92 Å². The van der Waals surface area contributed by atoms with Gasteiger partial charge in [0.05, 0.1) is 18.0 Å². The molecule has 3 heterocycles. The summed E-state index contributed by atoms with van der Waals surface area (Å²) in [4.78, 5) is 14.2. The van der Waals surface area contributed by atoms with Crippen molar-refractivity contribution >= 4 is 27.4 Å². The van der Waals surface area contributed by atoms with Crippen LogP contribution in [0.4, 0.5) is 5.82 Å². The lowest BCUT2D eigenvalue weighted by Gasteiger charge is -2.28. The maximum atomic E-state index is 8.99. The zero-order valence-electron chi connectivity index (χ0n) is 13.2. The Kier molecular flexibility index (Phi) is 3.92. The lowest BCUT2D eigenvalue weighted by Crippen LogP contribution is -2.33. The number of nitrogen functional groups attached to an aromatic ring is 1. The van der Waals surface area contributed by atoms with E-state index in [2.05, 4.69) is 16.0 Å². The normalized spacial score (nSPS) is 19.6. The first-order chi connectivity index (χ1) is 11.2. The highest BCUT2D eigenvalue weighted by molar-refractivity contribution is 7.19. The Morgan fingerprint density at radius 3 is 2.78 bits per heavy atom. The number of likely N-dealkylation sites (tertiary alicyclic amines) is 1. The van der Waals surface area contributed by atoms with Crippen molar-refractivity contribution in [3.8, 4) is 6.07 Å². The molecule has 0 radical (unpaired) electrons. The van der Waals surface area contributed by atoms with Gasteiger partial charge < -0.3 is 5.73 Å². The van der Waals surface area contributed by atoms with E-state index in [1.807, 2.05) is 0 Å². The highest BCUT2D eigenvalue weighted by Gasteiger charge is 2.22. The molecule has 2 N–H and O–H groups in total. The number of fused-ring (bicyclic) bond motifs is 3. The summed E-state index contributed by atoms with van der Waals surface area (Å²) in [7, 11) is 0. The Balaban J connectivity index is 1.58. The molecular formula is C17H21N5S. The minimum atomic E-state index is 0.212. The molecule has 0 aromatic carbocycles. The summed E-state index contributed by atoms with van der Waals surface area (Å²) in [6.07, 6.45) is 6.68. The molecule has 1 saturated heterocycles. The van der Waals surface area contributed by atoms with Crippen molar-refractivity contribution in [2.45, 2.75) is 45.1 Å². The standard InChI is InChI=1S/C17H21N5S/c18-9-11-5-7-22(8-6-11)10-14-20-16(19)15-12-3-1-2-4-13(12)23-17(15)21-14/h11H,1-8,10H2,(H2,19,20,21). The predicted octanol–water partition coefficient (Wildman–Crippen LogP) is 2.89. The quantitative estimate of drug-likeness (QED) is 0.917. The van der Waals surface area contributed by atoms with Gasteiger partial charge in [0, 0.05) is 10.8 Å². The van der Waals surface area contributed by atoms with Gasteiger partial charge in [-0.05, 0) is 57.2 Å². The van der Waals surface area contributed by atoms with Crippen molar-refractivity contribution in [1.29, 1.82) is 5.26 Å². The summed E-state index contributed by atoms with van der Waals surface area (Å²) in [5, 5.41) is 10.1. The summed E-state index contributed by atoms with van der Waals surface area (Å²) in [5.74, 6) is 1.68. The number of hydrogen-bond donors (Lipinski definition) is 1. The Morgan fingerprint density at radius 1 is 1.22 bits per heavy atom. The van der Waals surface area contributed by atoms with Crippen LogP contribution in [-0.2, 0) is 19.4 Å². The summed E-state index contributed by atoms with van der Waals surface area (Å²) in [5.41, 5.74) is 7.67. The van der Waals surface area contributed by atoms with E-state index in [1.54, 1.807) is 11.3 Å². The van der Waals surface area contributed by atoms with E-state index < -0.39 is 0 Å². The second-order valence-electron chi connectivity index (χ2n) is 6.60. The molecule has 0 bridgehead atoms. The van der Waals surface area contributed by atoms with Gasteiger partial charge in [0.2, 0.25) is 0 Å². The maximum absolute atomic E-state index is 8.99. The van der Waals surface area contributed by atoms with Gasteiger partial charge in [-0.1, -0.05) is 0 Å². The van der Waals surface area contributed by atoms with Crippen molar-refractivity contribution in [2.75, 3.05) is 18.8 Å². The topological polar surface area (TPSA) is 78.8 Å². The molecule has 6 heteroatoms. The first-order valence-electron chi connectivity index (χ1n) is 8.43. The first-order valence-corrected chi connectivity index (χ1v) is 9.25. The molecule has 0 unspecified atom stereocenters. The second kappa shape index (κ2) is 6.06. The van der Waals surface area contributed by atoms with Crippen LogP contribution < -0.4 is 5.73 Å². The van der Waals surface area contributed by atoms with Gasteiger partial charge >= 0.3 is 0 Å². The number of aromatic nitrogens is 2. The van der Waals surface area contributed by atoms with Crippen LogP contribution in [-0.4, -0.2) is 28.0 Å². The average Bonchev–Trinajstić information content (AvgIpc) is 2.94. The van der Waals surface area contributed by atoms with Crippen molar-refractivity contribution in [3.05, 3.63) is 16.3 Å². The number of hydrogen-bond acceptors (Lipinski definition) is 6. The van der Waals surface area contributed by atoms with E-state index in [4.69, 9.17) is 16.0 Å². The first kappa shape index (κ1) is 14.9. The Morgan fingerprint density at radius 2 is 2.00 bits per heavy atom. The fraction of sp³-hybridized carbons (Fsp3) is 0.588. The van der Waals surface area contributed by atoms with E-state index in [9.17, 15) is 0 Å². The number of nitriles is 1. The molecule has 0 atom stereocenters. The molecule has 23 heavy (non-hydrogen) atoms. The summed E-state index contributed by atoms with van der Waals surface area (Å²) in [6.45, 7) is 2.63. The van der Waals surface area contributed by atoms with Crippen LogP contribution in [0.3, 0.4) is 0 Å². The molecule has 0 saturated carbocycles. The molecule has 0 spiro atoms. The van der Waals surface area contributed by atoms with Crippen LogP contribution in [0.2, 0.25) is 0 Å². The largest absolute Gasteiger partial charge is 0.383 e. The van der Waals surface area contributed by atoms with Gasteiger partial charge in [-0.3, -0.25) is 4.90 Å². The zero-order chi connectivity index (χ0) is 15.8. The van der Waals surface area contributed by atoms with Crippen LogP contribution in [0.25, 0.3) is 10.2 Å². The fourth-order valence-corrected chi connectivity index (χ4v) is 5.01. The van der Waals surface area contributed by atoms with Gasteiger partial charge in [-0.25, -0.2) is 9.97 Å². The number of thiophene rings is 1. The van der Waals surface area contributed by atoms with Gasteiger partial charge in [0.15, 0.2) is 0 Å². The van der Waals surface area contributed by atoms with E-state index in [0.29, 0.717) is 5.82 Å². The molecular weight excluding hydrogens is 306 g/mol. The smallest absolute Gasteiger partial charge is 0.146 e. The average molecular weight is 327 g/mol. The Bertz CT molecular complexity index is 767. The van der Waals surface area contributed by atoms with E-state index in [1.165, 1.54) is 23.3 Å². The number of rotatable bonds is 2. The molecule has 2 aromatic heterocycles. The molecule has 2 aliphatic rings. The molecule has 0 amide bonds. The van der Waals surface area contributed by atoms with Crippen LogP contribution >= 0.6 is 11.3 Å². The summed E-state index contributed by atoms with van der Waals surface area (Å²) < 4.78 is 0. The molecule has 120 valence electrons. The van der Waals surface area contributed by atoms with Crippen LogP contribution in [0.1, 0.15) is 41.9 Å². The van der Waals surface area contributed by atoms with Crippen molar-refractivity contribution in [2.24, 2.45) is 5.92 Å². The molecule has 5 nitrogen and oxygen atoms in total. The van der Waals surface area contributed by atoms with Crippen molar-refractivity contribution in [1.82, 2.24) is 14.9 Å². The van der Waals surface area contributed by atoms with Crippen LogP contribution in [0, 0.1) is 17.2 Å². The monoisotopic (exact) mass is 327 g/mol. The van der Waals surface area contributed by atoms with Crippen LogP contribution in [0.15, 0.2) is 0 Å². The Labute approximate surface area is 140 Å². The maximum Gasteiger partial charge on any atom is 0.146 e. The van der Waals surface area contributed by atoms with Crippen molar-refractivity contribution in [3.63, 3.8) is 0 Å². The summed E-state index contributed by atoms with van der Waals surface area (Å²) in [6, 6.07) is 2.37. The van der Waals surface area contributed by atoms with Gasteiger partial charge in [-0.2, -0.15) is 5.26 Å². The third-order valence-corrected chi connectivity index (χ3v) is 6.21. The van der Waals surface area contributed by atoms with E-state index in [0.717, 1.165) is 61.4 Å². The van der Waals surface area contributed by atoms with E-state index >= 15 is 0 Å². The Hall–Kier alpha value is -1.71. The minimum Gasteiger partial charge on any atom is -0.383 e. The molecule has 1 fully saturated rings. The molecule has 1 aliphatic carbocycles. The number of anilines is 1. The number of nitrogens with two attached hydrogens (primary N) is 1. The highest BCUT2D eigenvalue weighted by Crippen LogP contribution is 2.37. The highest BCUT2D eigenvalue weighted by atomic mass is 32.1. The van der Waals surface area contributed by atoms with Gasteiger partial charge in [-0.15, -0.1) is 11.3 Å². The SMILES string of the molecule is N#CC1CCN(Cc2nc(N)c3c4c(sc3n2)CCCC4)CC1. The minimum absolute atomic E-state index is 0.212. The van der Waals surface area contributed by atoms with Crippen LogP contribution in [0.5, 0.6) is 0 Å². The third kappa shape index (κ3) is 2.79. The van der Waals surface area contributed by atoms with Crippen molar-refractivity contribution < 1.29 is 0 Å². The van der Waals surface area contributed by atoms with Gasteiger partial charge in [0.1, 0.15) is 16.5 Å². The summed E-state index contributed by atoms with van der Waals surface area (Å²) >= 11 is 1.80. The number of piperidine rings is 1. The molecule has 4 rings (SSSR count). The zero-order valence-corrected chi connectivity index (χ0v) is 14.0. The molecule has 2 aromatic rings. The van der Waals surface area contributed by atoms with Gasteiger partial charge in [0.25, 0.3) is 0 Å². The number of aryl methyl sites for hydroxylation is 2. The lowest BCUT2D eigenvalue weighted by atomic mass is 9.97. The molecule has 1 aliphatic heterocycles. The third-order valence-electron chi connectivity index (χ3n) is 5.02. The fourth-order valence-electron chi connectivity index (χ4n) is 3.72. The second-order valence-corrected chi connectivity index (χ2v) is 7.68.